The first kappa shape index (κ1) is 25.5. The van der Waals surface area contributed by atoms with Gasteiger partial charge in [-0.25, -0.2) is 14.2 Å². The number of hydrogen-bond acceptors (Lipinski definition) is 5. The van der Waals surface area contributed by atoms with Crippen molar-refractivity contribution >= 4 is 40.6 Å². The number of carbonyl (C=O) groups excluding carboxylic acids is 1. The summed E-state index contributed by atoms with van der Waals surface area (Å²) >= 11 is 5.47. The molecule has 0 radical (unpaired) electrons. The van der Waals surface area contributed by atoms with Gasteiger partial charge in [-0.1, -0.05) is 0 Å². The van der Waals surface area contributed by atoms with Crippen molar-refractivity contribution in [2.75, 3.05) is 11.5 Å². The smallest absolute Gasteiger partial charge is 0.417 e. The van der Waals surface area contributed by atoms with Gasteiger partial charge in [-0.2, -0.15) is 18.4 Å². The number of nitrogens with zero attached hydrogens (tertiary/aromatic N) is 2. The predicted octanol–water partition coefficient (Wildman–Crippen LogP) is 3.59. The number of alkyl halides is 3. The first-order chi connectivity index (χ1) is 16.7. The molecule has 1 amide bonds. The van der Waals surface area contributed by atoms with Gasteiger partial charge in [-0.05, 0) is 37.1 Å². The number of quaternary nitrogens is 1. The molecule has 1 atom stereocenters. The lowest BCUT2D eigenvalue weighted by Crippen LogP contribution is -3.15. The summed E-state index contributed by atoms with van der Waals surface area (Å²) in [5.74, 6) is -2.59. The average Bonchev–Trinajstić information content (AvgIpc) is 3.56. The molecule has 12 heteroatoms. The van der Waals surface area contributed by atoms with Crippen molar-refractivity contribution in [1.29, 1.82) is 5.26 Å². The van der Waals surface area contributed by atoms with Crippen LogP contribution >= 0.6 is 12.2 Å². The van der Waals surface area contributed by atoms with Crippen LogP contribution in [0.15, 0.2) is 36.4 Å². The van der Waals surface area contributed by atoms with E-state index in [9.17, 15) is 32.3 Å². The van der Waals surface area contributed by atoms with Crippen LogP contribution in [0.4, 0.5) is 28.9 Å². The summed E-state index contributed by atoms with van der Waals surface area (Å²) in [6.07, 6.45) is -3.95. The Hall–Kier alpha value is -3.56. The average molecular weight is 523 g/mol. The number of anilines is 1. The van der Waals surface area contributed by atoms with Crippen molar-refractivity contribution < 1.29 is 41.9 Å². The number of rotatable bonds is 6. The van der Waals surface area contributed by atoms with Crippen molar-refractivity contribution in [2.24, 2.45) is 5.41 Å². The normalized spacial score (nSPS) is 20.2. The number of amides is 1. The van der Waals surface area contributed by atoms with Gasteiger partial charge in [0.15, 0.2) is 17.1 Å². The van der Waals surface area contributed by atoms with Crippen LogP contribution in [0, 0.1) is 22.6 Å². The second-order valence-electron chi connectivity index (χ2n) is 9.30. The molecule has 1 saturated heterocycles. The molecule has 1 heterocycles. The molecule has 2 aliphatic rings. The van der Waals surface area contributed by atoms with Crippen LogP contribution in [0.3, 0.4) is 0 Å². The van der Waals surface area contributed by atoms with Crippen LogP contribution in [0.2, 0.25) is 0 Å². The Bertz CT molecular complexity index is 1330. The van der Waals surface area contributed by atoms with Crippen molar-refractivity contribution in [2.45, 2.75) is 38.4 Å². The summed E-state index contributed by atoms with van der Waals surface area (Å²) in [5, 5.41) is 18.2. The Morgan fingerprint density at radius 3 is 2.44 bits per heavy atom. The number of carbonyl (C=O) groups is 2. The van der Waals surface area contributed by atoms with Gasteiger partial charge in [0.1, 0.15) is 17.7 Å². The van der Waals surface area contributed by atoms with Crippen molar-refractivity contribution in [3.05, 3.63) is 53.3 Å². The minimum atomic E-state index is -4.83. The third kappa shape index (κ3) is 4.18. The van der Waals surface area contributed by atoms with Gasteiger partial charge in [0.2, 0.25) is 0 Å². The van der Waals surface area contributed by atoms with E-state index in [0.717, 1.165) is 17.0 Å². The number of hydrogen-bond donors (Lipinski definition) is 2. The number of ether oxygens (including phenoxy) is 1. The fraction of sp³-hybridized carbons (Fsp3) is 0.333. The molecule has 0 spiro atoms. The van der Waals surface area contributed by atoms with Gasteiger partial charge in [0.05, 0.1) is 22.9 Å². The summed E-state index contributed by atoms with van der Waals surface area (Å²) in [5.41, 5.74) is -4.05. The van der Waals surface area contributed by atoms with Gasteiger partial charge in [0.25, 0.3) is 11.0 Å². The zero-order valence-electron chi connectivity index (χ0n) is 19.1. The Morgan fingerprint density at radius 2 is 1.92 bits per heavy atom. The molecule has 36 heavy (non-hydrogen) atoms. The highest BCUT2D eigenvalue weighted by Gasteiger charge is 2.56. The molecule has 1 aliphatic heterocycles. The SMILES string of the molecule is CC1(C)C(=O)N(c2ccc(C#N)c(C(F)(F)F)c2)C(=S)[NH+]1c1ccc(OCC2(C(=O)O)CC2)c(F)c1. The Labute approximate surface area is 208 Å². The number of carboxylic acids is 1. The Kier molecular flexibility index (Phi) is 6.05. The number of nitrogens with one attached hydrogen (secondary N) is 1. The second kappa shape index (κ2) is 8.53. The highest BCUT2D eigenvalue weighted by molar-refractivity contribution is 7.80. The van der Waals surface area contributed by atoms with Crippen molar-refractivity contribution in [3.63, 3.8) is 0 Å². The van der Waals surface area contributed by atoms with Crippen LogP contribution in [0.25, 0.3) is 0 Å². The maximum absolute atomic E-state index is 14.9. The Morgan fingerprint density at radius 1 is 1.25 bits per heavy atom. The van der Waals surface area contributed by atoms with Gasteiger partial charge in [-0.15, -0.1) is 0 Å². The molecule has 2 aromatic rings. The maximum atomic E-state index is 14.9. The molecule has 2 N–H and O–H groups in total. The molecular weight excluding hydrogens is 502 g/mol. The van der Waals surface area contributed by atoms with Crippen LogP contribution in [-0.4, -0.2) is 34.2 Å². The first-order valence-corrected chi connectivity index (χ1v) is 11.2. The van der Waals surface area contributed by atoms with Crippen LogP contribution in [0.1, 0.15) is 37.8 Å². The molecular formula is C24H20F4N3O4S+. The van der Waals surface area contributed by atoms with Crippen molar-refractivity contribution in [3.8, 4) is 11.8 Å². The van der Waals surface area contributed by atoms with E-state index in [1.165, 1.54) is 38.1 Å². The van der Waals surface area contributed by atoms with Gasteiger partial charge in [0, 0.05) is 38.2 Å². The lowest BCUT2D eigenvalue weighted by atomic mass is 10.0. The summed E-state index contributed by atoms with van der Waals surface area (Å²) in [4.78, 5) is 25.8. The highest BCUT2D eigenvalue weighted by Crippen LogP contribution is 2.46. The molecule has 2 fully saturated rings. The second-order valence-corrected chi connectivity index (χ2v) is 9.69. The number of aliphatic carboxylic acids is 1. The van der Waals surface area contributed by atoms with E-state index in [0.29, 0.717) is 18.9 Å². The van der Waals surface area contributed by atoms with Crippen LogP contribution in [-0.2, 0) is 15.8 Å². The fourth-order valence-corrected chi connectivity index (χ4v) is 4.70. The maximum Gasteiger partial charge on any atom is 0.417 e. The van der Waals surface area contributed by atoms with E-state index in [1.807, 2.05) is 0 Å². The van der Waals surface area contributed by atoms with Crippen molar-refractivity contribution in [1.82, 2.24) is 0 Å². The summed E-state index contributed by atoms with van der Waals surface area (Å²) in [6.45, 7) is 2.86. The zero-order valence-corrected chi connectivity index (χ0v) is 19.9. The minimum Gasteiger partial charge on any atom is -0.489 e. The van der Waals surface area contributed by atoms with E-state index in [4.69, 9.17) is 22.2 Å². The minimum absolute atomic E-state index is 0.0984. The number of halogens is 4. The van der Waals surface area contributed by atoms with Crippen LogP contribution in [0.5, 0.6) is 5.75 Å². The molecule has 1 unspecified atom stereocenters. The third-order valence-corrected chi connectivity index (χ3v) is 6.89. The van der Waals surface area contributed by atoms with E-state index in [2.05, 4.69) is 0 Å². The predicted molar refractivity (Wildman–Crippen MR) is 122 cm³/mol. The fourth-order valence-electron chi connectivity index (χ4n) is 4.14. The molecule has 0 aromatic heterocycles. The number of nitriles is 1. The summed E-state index contributed by atoms with van der Waals surface area (Å²) < 4.78 is 60.7. The molecule has 1 saturated carbocycles. The van der Waals surface area contributed by atoms with Crippen LogP contribution < -0.4 is 14.5 Å². The summed E-state index contributed by atoms with van der Waals surface area (Å²) in [7, 11) is 0. The standard InChI is InChI=1S/C24H19F4N3O4S/c1-22(2)19(32)30(14-4-3-13(11-29)16(9-14)24(26,27)28)21(36)31(22)15-5-6-18(17(25)10-15)35-12-23(7-8-23)20(33)34/h3-6,9-10H,7-8,12H2,1-2H3,(H,33,34)/p+1. The topological polar surface area (TPSA) is 95.1 Å². The molecule has 7 nitrogen and oxygen atoms in total. The lowest BCUT2D eigenvalue weighted by Gasteiger charge is -2.23. The molecule has 1 aliphatic carbocycles. The van der Waals surface area contributed by atoms with E-state index < -0.39 is 46.0 Å². The molecule has 2 aromatic carbocycles. The van der Waals surface area contributed by atoms with Gasteiger partial charge < -0.3 is 9.84 Å². The molecule has 0 bridgehead atoms. The lowest BCUT2D eigenvalue weighted by molar-refractivity contribution is -0.771. The third-order valence-electron chi connectivity index (χ3n) is 6.50. The van der Waals surface area contributed by atoms with Gasteiger partial charge in [-0.3, -0.25) is 9.59 Å². The van der Waals surface area contributed by atoms with Gasteiger partial charge >= 0.3 is 12.1 Å². The Balaban J connectivity index is 1.65. The van der Waals surface area contributed by atoms with E-state index in [-0.39, 0.29) is 33.7 Å². The first-order valence-electron chi connectivity index (χ1n) is 10.8. The monoisotopic (exact) mass is 522 g/mol. The van der Waals surface area contributed by atoms with E-state index in [1.54, 1.807) is 0 Å². The number of carboxylic acid groups (broad SMARTS) is 1. The number of benzene rings is 2. The summed E-state index contributed by atoms with van der Waals surface area (Å²) in [6, 6.07) is 8.19. The number of thiocarbonyl (C=S) groups is 1. The highest BCUT2D eigenvalue weighted by atomic mass is 32.1. The molecule has 188 valence electrons. The zero-order chi connectivity index (χ0) is 26.6. The molecule has 4 rings (SSSR count). The largest absolute Gasteiger partial charge is 0.489 e. The quantitative estimate of drug-likeness (QED) is 0.445. The van der Waals surface area contributed by atoms with E-state index >= 15 is 0 Å².